The lowest BCUT2D eigenvalue weighted by Gasteiger charge is -2.00. The Morgan fingerprint density at radius 3 is 2.71 bits per heavy atom. The van der Waals surface area contributed by atoms with Crippen LogP contribution in [0.5, 0.6) is 0 Å². The predicted octanol–water partition coefficient (Wildman–Crippen LogP) is 4.04. The highest BCUT2D eigenvalue weighted by Crippen LogP contribution is 2.26. The van der Waals surface area contributed by atoms with Gasteiger partial charge in [0.15, 0.2) is 0 Å². The molecular formula is C15H13BrN4O. The molecule has 0 radical (unpaired) electrons. The lowest BCUT2D eigenvalue weighted by atomic mass is 10.2. The number of aromatic nitrogens is 4. The first-order valence-corrected chi connectivity index (χ1v) is 7.55. The largest absolute Gasteiger partial charge is 0.338 e. The molecule has 21 heavy (non-hydrogen) atoms. The van der Waals surface area contributed by atoms with Gasteiger partial charge < -0.3 is 4.52 Å². The molecule has 5 nitrogen and oxygen atoms in total. The van der Waals surface area contributed by atoms with E-state index in [1.54, 1.807) is 12.4 Å². The van der Waals surface area contributed by atoms with E-state index < -0.39 is 0 Å². The van der Waals surface area contributed by atoms with E-state index in [-0.39, 0.29) is 4.83 Å². The molecule has 0 fully saturated rings. The van der Waals surface area contributed by atoms with Crippen LogP contribution in [-0.4, -0.2) is 20.1 Å². The first-order chi connectivity index (χ1) is 10.3. The maximum absolute atomic E-state index is 5.23. The summed E-state index contributed by atoms with van der Waals surface area (Å²) in [7, 11) is 0. The topological polar surface area (TPSA) is 64.7 Å². The number of alkyl halides is 1. The lowest BCUT2D eigenvalue weighted by Crippen LogP contribution is -1.90. The monoisotopic (exact) mass is 344 g/mol. The van der Waals surface area contributed by atoms with Gasteiger partial charge in [-0.05, 0) is 30.7 Å². The minimum Gasteiger partial charge on any atom is -0.338 e. The molecule has 0 amide bonds. The van der Waals surface area contributed by atoms with E-state index >= 15 is 0 Å². The molecule has 3 aromatic rings. The molecule has 0 saturated heterocycles. The van der Waals surface area contributed by atoms with Gasteiger partial charge in [0.25, 0.3) is 0 Å². The van der Waals surface area contributed by atoms with Crippen molar-refractivity contribution in [2.45, 2.75) is 18.2 Å². The van der Waals surface area contributed by atoms with Crippen LogP contribution >= 0.6 is 15.9 Å². The fraction of sp³-hybridized carbons (Fsp3) is 0.200. The molecule has 0 aromatic carbocycles. The van der Waals surface area contributed by atoms with Crippen LogP contribution in [0.4, 0.5) is 0 Å². The average Bonchev–Trinajstić information content (AvgIpc) is 3.05. The van der Waals surface area contributed by atoms with Crippen molar-refractivity contribution in [3.05, 3.63) is 48.6 Å². The van der Waals surface area contributed by atoms with Crippen LogP contribution in [0.2, 0.25) is 0 Å². The molecule has 0 aliphatic heterocycles. The van der Waals surface area contributed by atoms with Crippen molar-refractivity contribution in [1.29, 1.82) is 0 Å². The highest BCUT2D eigenvalue weighted by molar-refractivity contribution is 9.09. The molecule has 0 spiro atoms. The number of rotatable bonds is 4. The SMILES string of the molecule is CCC(Br)c1nc(-c2ccc(-c3ccccn3)cn2)no1. The van der Waals surface area contributed by atoms with Gasteiger partial charge in [0.2, 0.25) is 11.7 Å². The summed E-state index contributed by atoms with van der Waals surface area (Å²) in [6.07, 6.45) is 4.41. The molecule has 0 aliphatic rings. The Balaban J connectivity index is 1.86. The maximum atomic E-state index is 5.23. The van der Waals surface area contributed by atoms with Crippen molar-refractivity contribution in [3.63, 3.8) is 0 Å². The summed E-state index contributed by atoms with van der Waals surface area (Å²) in [5.74, 6) is 1.07. The summed E-state index contributed by atoms with van der Waals surface area (Å²) in [5, 5.41) is 3.96. The van der Waals surface area contributed by atoms with Gasteiger partial charge in [0.1, 0.15) is 5.69 Å². The van der Waals surface area contributed by atoms with Crippen LogP contribution in [0.3, 0.4) is 0 Å². The zero-order chi connectivity index (χ0) is 14.7. The first kappa shape index (κ1) is 13.9. The Bertz CT molecular complexity index is 712. The highest BCUT2D eigenvalue weighted by atomic mass is 79.9. The molecule has 0 N–H and O–H groups in total. The lowest BCUT2D eigenvalue weighted by molar-refractivity contribution is 0.377. The Kier molecular flexibility index (Phi) is 4.06. The van der Waals surface area contributed by atoms with E-state index in [0.717, 1.165) is 17.7 Å². The van der Waals surface area contributed by atoms with Gasteiger partial charge >= 0.3 is 0 Å². The second-order valence-electron chi connectivity index (χ2n) is 4.48. The molecule has 1 unspecified atom stereocenters. The third-order valence-electron chi connectivity index (χ3n) is 3.02. The van der Waals surface area contributed by atoms with Crippen LogP contribution < -0.4 is 0 Å². The summed E-state index contributed by atoms with van der Waals surface area (Å²) >= 11 is 3.49. The number of halogens is 1. The highest BCUT2D eigenvalue weighted by Gasteiger charge is 2.15. The normalized spacial score (nSPS) is 12.3. The van der Waals surface area contributed by atoms with Crippen LogP contribution in [-0.2, 0) is 0 Å². The minimum atomic E-state index is 0.0755. The van der Waals surface area contributed by atoms with Gasteiger partial charge in [-0.15, -0.1) is 0 Å². The first-order valence-electron chi connectivity index (χ1n) is 6.63. The molecule has 106 valence electrons. The van der Waals surface area contributed by atoms with E-state index in [0.29, 0.717) is 17.4 Å². The fourth-order valence-electron chi connectivity index (χ4n) is 1.85. The van der Waals surface area contributed by atoms with Gasteiger partial charge in [0, 0.05) is 18.0 Å². The Labute approximate surface area is 130 Å². The molecule has 3 rings (SSSR count). The number of hydrogen-bond donors (Lipinski definition) is 0. The quantitative estimate of drug-likeness (QED) is 0.668. The number of nitrogens with zero attached hydrogens (tertiary/aromatic N) is 4. The smallest absolute Gasteiger partial charge is 0.240 e. The van der Waals surface area contributed by atoms with Gasteiger partial charge in [-0.2, -0.15) is 4.98 Å². The summed E-state index contributed by atoms with van der Waals surface area (Å²) in [4.78, 5) is 13.1. The van der Waals surface area contributed by atoms with Crippen molar-refractivity contribution in [3.8, 4) is 22.8 Å². The van der Waals surface area contributed by atoms with Crippen LogP contribution in [0.15, 0.2) is 47.2 Å². The third kappa shape index (κ3) is 3.00. The molecule has 0 bridgehead atoms. The molecule has 3 heterocycles. The molecule has 6 heteroatoms. The standard InChI is InChI=1S/C15H13BrN4O/c1-2-11(16)15-19-14(20-21-15)13-7-6-10(9-18-13)12-5-3-4-8-17-12/h3-9,11H,2H2,1H3. The van der Waals surface area contributed by atoms with Gasteiger partial charge in [0.05, 0.1) is 10.5 Å². The van der Waals surface area contributed by atoms with Crippen LogP contribution in [0.25, 0.3) is 22.8 Å². The van der Waals surface area contributed by atoms with Crippen LogP contribution in [0.1, 0.15) is 24.1 Å². The summed E-state index contributed by atoms with van der Waals surface area (Å²) < 4.78 is 5.23. The van der Waals surface area contributed by atoms with Gasteiger partial charge in [-0.3, -0.25) is 9.97 Å². The predicted molar refractivity (Wildman–Crippen MR) is 82.7 cm³/mol. The van der Waals surface area contributed by atoms with E-state index in [1.165, 1.54) is 0 Å². The summed E-state index contributed by atoms with van der Waals surface area (Å²) in [5.41, 5.74) is 2.52. The van der Waals surface area contributed by atoms with Gasteiger partial charge in [-0.1, -0.05) is 34.1 Å². The molecule has 0 saturated carbocycles. The number of pyridine rings is 2. The van der Waals surface area contributed by atoms with Gasteiger partial charge in [-0.25, -0.2) is 0 Å². The van der Waals surface area contributed by atoms with Crippen molar-refractivity contribution in [1.82, 2.24) is 20.1 Å². The van der Waals surface area contributed by atoms with E-state index in [2.05, 4.69) is 36.0 Å². The van der Waals surface area contributed by atoms with E-state index in [9.17, 15) is 0 Å². The minimum absolute atomic E-state index is 0.0755. The van der Waals surface area contributed by atoms with E-state index in [4.69, 9.17) is 4.52 Å². The zero-order valence-electron chi connectivity index (χ0n) is 11.4. The number of hydrogen-bond acceptors (Lipinski definition) is 5. The van der Waals surface area contributed by atoms with Crippen LogP contribution in [0, 0.1) is 0 Å². The van der Waals surface area contributed by atoms with Crippen molar-refractivity contribution < 1.29 is 4.52 Å². The Hall–Kier alpha value is -2.08. The average molecular weight is 345 g/mol. The Morgan fingerprint density at radius 1 is 1.14 bits per heavy atom. The molecule has 3 aromatic heterocycles. The van der Waals surface area contributed by atoms with Crippen molar-refractivity contribution in [2.24, 2.45) is 0 Å². The molecular weight excluding hydrogens is 332 g/mol. The summed E-state index contributed by atoms with van der Waals surface area (Å²) in [6.45, 7) is 2.04. The maximum Gasteiger partial charge on any atom is 0.240 e. The molecule has 0 aliphatic carbocycles. The summed E-state index contributed by atoms with van der Waals surface area (Å²) in [6, 6.07) is 9.60. The molecule has 1 atom stereocenters. The second-order valence-corrected chi connectivity index (χ2v) is 5.58. The van der Waals surface area contributed by atoms with Crippen molar-refractivity contribution in [2.75, 3.05) is 0 Å². The second kappa shape index (κ2) is 6.13. The van der Waals surface area contributed by atoms with Crippen molar-refractivity contribution >= 4 is 15.9 Å². The Morgan fingerprint density at radius 2 is 2.05 bits per heavy atom. The fourth-order valence-corrected chi connectivity index (χ4v) is 2.04. The third-order valence-corrected chi connectivity index (χ3v) is 4.06. The van der Waals surface area contributed by atoms with E-state index in [1.807, 2.05) is 37.3 Å². The zero-order valence-corrected chi connectivity index (χ0v) is 13.0.